The Bertz CT molecular complexity index is 1490. The van der Waals surface area contributed by atoms with E-state index in [-0.39, 0.29) is 11.8 Å². The number of nitrogens with zero attached hydrogens (tertiary/aromatic N) is 3. The summed E-state index contributed by atoms with van der Waals surface area (Å²) in [4.78, 5) is 12.2. The van der Waals surface area contributed by atoms with Crippen LogP contribution in [0.5, 0.6) is 11.5 Å². The molecule has 2 aromatic carbocycles. The zero-order valence-electron chi connectivity index (χ0n) is 28.2. The van der Waals surface area contributed by atoms with E-state index in [1.54, 1.807) is 11.8 Å². The Morgan fingerprint density at radius 3 is 2.33 bits per heavy atom. The third-order valence-corrected chi connectivity index (χ3v) is 10.4. The van der Waals surface area contributed by atoms with Crippen molar-refractivity contribution < 1.29 is 42.9 Å². The molecule has 1 aliphatic carbocycles. The summed E-state index contributed by atoms with van der Waals surface area (Å²) in [5, 5.41) is 8.75. The third kappa shape index (κ3) is 6.72. The summed E-state index contributed by atoms with van der Waals surface area (Å²) in [6, 6.07) is 15.6. The molecule has 8 rings (SSSR count). The van der Waals surface area contributed by atoms with Crippen molar-refractivity contribution in [2.45, 2.75) is 70.4 Å². The van der Waals surface area contributed by atoms with Gasteiger partial charge in [0.25, 0.3) is 0 Å². The Morgan fingerprint density at radius 2 is 1.56 bits per heavy atom. The van der Waals surface area contributed by atoms with Gasteiger partial charge in [-0.25, -0.2) is 14.5 Å². The van der Waals surface area contributed by atoms with Crippen molar-refractivity contribution in [3.63, 3.8) is 0 Å². The number of aromatic nitrogens is 3. The molecular weight excluding hydrogens is 618 g/mol. The van der Waals surface area contributed by atoms with Gasteiger partial charge in [0.15, 0.2) is 11.9 Å². The van der Waals surface area contributed by atoms with Crippen LogP contribution in [0, 0.1) is 23.7 Å². The minimum atomic E-state index is -0.812. The lowest BCUT2D eigenvalue weighted by atomic mass is 9.58. The minimum absolute atomic E-state index is 0.0899. The van der Waals surface area contributed by atoms with Gasteiger partial charge in [-0.15, -0.1) is 5.10 Å². The van der Waals surface area contributed by atoms with E-state index in [9.17, 15) is 0 Å². The normalized spacial score (nSPS) is 32.4. The maximum absolute atomic E-state index is 6.59. The molecule has 2 bridgehead atoms. The monoisotopic (exact) mass is 665 g/mol. The van der Waals surface area contributed by atoms with Gasteiger partial charge in [0, 0.05) is 30.9 Å². The van der Waals surface area contributed by atoms with Crippen molar-refractivity contribution >= 4 is 0 Å². The lowest BCUT2D eigenvalue weighted by molar-refractivity contribution is -0.575. The molecule has 12 heteroatoms. The third-order valence-electron chi connectivity index (χ3n) is 10.4. The Kier molecular flexibility index (Phi) is 10.0. The van der Waals surface area contributed by atoms with Crippen molar-refractivity contribution in [3.05, 3.63) is 54.7 Å². The zero-order valence-corrected chi connectivity index (χ0v) is 28.2. The first-order valence-corrected chi connectivity index (χ1v) is 17.2. The molecule has 1 aromatic heterocycles. The maximum atomic E-state index is 6.59. The number of benzene rings is 2. The van der Waals surface area contributed by atoms with E-state index in [1.165, 1.54) is 0 Å². The van der Waals surface area contributed by atoms with E-state index in [2.05, 4.69) is 24.2 Å². The van der Waals surface area contributed by atoms with Gasteiger partial charge in [0.2, 0.25) is 12.1 Å². The van der Waals surface area contributed by atoms with Crippen LogP contribution in [0.15, 0.2) is 54.7 Å². The summed E-state index contributed by atoms with van der Waals surface area (Å²) < 4.78 is 42.9. The number of hydrogen-bond donors (Lipinski definition) is 0. The van der Waals surface area contributed by atoms with Crippen LogP contribution >= 0.6 is 0 Å². The van der Waals surface area contributed by atoms with E-state index in [4.69, 9.17) is 42.9 Å². The molecule has 48 heavy (non-hydrogen) atoms. The first-order chi connectivity index (χ1) is 23.4. The average Bonchev–Trinajstić information content (AvgIpc) is 3.48. The van der Waals surface area contributed by atoms with Crippen molar-refractivity contribution in [3.8, 4) is 28.4 Å². The number of fused-ring (bicyclic) bond motifs is 2. The van der Waals surface area contributed by atoms with Crippen LogP contribution in [-0.4, -0.2) is 85.7 Å². The molecule has 5 heterocycles. The highest BCUT2D eigenvalue weighted by molar-refractivity contribution is 5.59. The molecule has 5 aliphatic rings. The molecule has 1 unspecified atom stereocenters. The Labute approximate surface area is 281 Å². The van der Waals surface area contributed by atoms with Gasteiger partial charge in [-0.05, 0) is 86.6 Å². The van der Waals surface area contributed by atoms with E-state index < -0.39 is 24.0 Å². The van der Waals surface area contributed by atoms with Crippen LogP contribution in [0.2, 0.25) is 0 Å². The summed E-state index contributed by atoms with van der Waals surface area (Å²) >= 11 is 0. The highest BCUT2D eigenvalue weighted by Crippen LogP contribution is 2.60. The highest BCUT2D eigenvalue weighted by Gasteiger charge is 2.69. The second kappa shape index (κ2) is 14.4. The average molecular weight is 666 g/mol. The van der Waals surface area contributed by atoms with Crippen molar-refractivity contribution in [1.29, 1.82) is 0 Å². The summed E-state index contributed by atoms with van der Waals surface area (Å²) in [6.45, 7) is 9.60. The summed E-state index contributed by atoms with van der Waals surface area (Å²) in [5.41, 5.74) is 1.96. The number of ether oxygens (including phenoxy) is 7. The fraction of sp³-hybridized carbons (Fsp3) is 0.611. The summed E-state index contributed by atoms with van der Waals surface area (Å²) in [6.07, 6.45) is 4.85. The van der Waals surface area contributed by atoms with Crippen molar-refractivity contribution in [1.82, 2.24) is 15.0 Å². The van der Waals surface area contributed by atoms with Gasteiger partial charge in [-0.1, -0.05) is 19.1 Å². The number of hydrogen-bond acceptors (Lipinski definition) is 11. The van der Waals surface area contributed by atoms with Crippen LogP contribution in [0.1, 0.15) is 46.5 Å². The van der Waals surface area contributed by atoms with Crippen LogP contribution < -0.4 is 9.47 Å². The first kappa shape index (κ1) is 33.4. The summed E-state index contributed by atoms with van der Waals surface area (Å²) in [7, 11) is 1.65. The molecule has 4 saturated heterocycles. The molecule has 1 spiro atoms. The molecule has 260 valence electrons. The predicted molar refractivity (Wildman–Crippen MR) is 173 cm³/mol. The number of methoxy groups -OCH3 is 1. The number of rotatable bonds is 14. The van der Waals surface area contributed by atoms with Crippen LogP contribution in [-0.2, 0) is 33.5 Å². The molecule has 12 nitrogen and oxygen atoms in total. The molecule has 3 aromatic rings. The summed E-state index contributed by atoms with van der Waals surface area (Å²) in [5.74, 6) is 1.80. The first-order valence-electron chi connectivity index (χ1n) is 17.2. The van der Waals surface area contributed by atoms with E-state index in [0.29, 0.717) is 51.5 Å². The van der Waals surface area contributed by atoms with E-state index in [1.807, 2.05) is 61.7 Å². The van der Waals surface area contributed by atoms with Gasteiger partial charge in [-0.2, -0.15) is 0 Å². The molecule has 1 saturated carbocycles. The zero-order chi connectivity index (χ0) is 33.1. The van der Waals surface area contributed by atoms with Crippen molar-refractivity contribution in [2.24, 2.45) is 23.7 Å². The van der Waals surface area contributed by atoms with Crippen LogP contribution in [0.4, 0.5) is 0 Å². The van der Waals surface area contributed by atoms with Gasteiger partial charge in [-0.3, -0.25) is 0 Å². The van der Waals surface area contributed by atoms with Gasteiger partial charge < -0.3 is 33.2 Å². The lowest BCUT2D eigenvalue weighted by Crippen LogP contribution is -2.70. The van der Waals surface area contributed by atoms with E-state index >= 15 is 0 Å². The molecule has 0 amide bonds. The SMILES string of the molecule is COCCOCCOCCOc1ccc(-n2cc(-c3ccc(O[C@H]4O[C@@H]5OC6(C)CC[C@H]7[C@H](C)CC[C@@H]([C@H]4C)[C@@]57OO6)cc3)nn2)cc1. The largest absolute Gasteiger partial charge is 0.491 e. The van der Waals surface area contributed by atoms with Crippen LogP contribution in [0.25, 0.3) is 16.9 Å². The van der Waals surface area contributed by atoms with Gasteiger partial charge in [0.05, 0.1) is 44.9 Å². The molecule has 8 atom stereocenters. The van der Waals surface area contributed by atoms with Crippen molar-refractivity contribution in [2.75, 3.05) is 46.8 Å². The maximum Gasteiger partial charge on any atom is 0.205 e. The van der Waals surface area contributed by atoms with Crippen LogP contribution in [0.3, 0.4) is 0 Å². The van der Waals surface area contributed by atoms with Gasteiger partial charge in [0.1, 0.15) is 23.8 Å². The Hall–Kier alpha value is -3.10. The molecule has 0 radical (unpaired) electrons. The molecule has 5 fully saturated rings. The predicted octanol–water partition coefficient (Wildman–Crippen LogP) is 5.58. The highest BCUT2D eigenvalue weighted by atomic mass is 17.3. The second-order valence-corrected chi connectivity index (χ2v) is 13.5. The quantitative estimate of drug-likeness (QED) is 0.159. The second-order valence-electron chi connectivity index (χ2n) is 13.5. The fourth-order valence-corrected chi connectivity index (χ4v) is 7.75. The Balaban J connectivity index is 0.933. The molecule has 0 N–H and O–H groups in total. The minimum Gasteiger partial charge on any atom is -0.491 e. The standard InChI is InChI=1S/C36H47N3O9/c1-24-5-14-31-25(2)33(45-34-36(31)30(24)15-16-35(3,46-34)47-48-36)44-29-10-6-26(7-11-29)32-23-39(38-37-32)27-8-12-28(13-9-27)43-22-21-42-20-19-41-18-17-40-4/h6-13,23-25,30-31,33-34H,5,14-22H2,1-4H3/t24-,25-,30+,31+,33+,34-,35?,36-/m1/s1. The fourth-order valence-electron chi connectivity index (χ4n) is 7.75. The topological polar surface area (TPSA) is 114 Å². The smallest absolute Gasteiger partial charge is 0.205 e. The van der Waals surface area contributed by atoms with Gasteiger partial charge >= 0.3 is 0 Å². The Morgan fingerprint density at radius 1 is 0.833 bits per heavy atom. The molecule has 4 aliphatic heterocycles. The lowest BCUT2D eigenvalue weighted by Gasteiger charge is -2.60. The van der Waals surface area contributed by atoms with E-state index in [0.717, 1.165) is 54.1 Å². The molecular formula is C36H47N3O9.